The molecule has 5 heteroatoms. The van der Waals surface area contributed by atoms with E-state index in [0.29, 0.717) is 0 Å². The van der Waals surface area contributed by atoms with E-state index in [1.807, 2.05) is 24.3 Å². The number of nitrogens with one attached hydrogen (secondary N) is 1. The third kappa shape index (κ3) is 2.93. The number of hydrogen-bond acceptors (Lipinski definition) is 3. The smallest absolute Gasteiger partial charge is 0.240 e. The second kappa shape index (κ2) is 5.01. The first kappa shape index (κ1) is 13.5. The first-order valence-electron chi connectivity index (χ1n) is 6.29. The molecule has 2 N–H and O–H groups in total. The molecule has 19 heavy (non-hydrogen) atoms. The van der Waals surface area contributed by atoms with Crippen LogP contribution in [-0.4, -0.2) is 32.2 Å². The topological polar surface area (TPSA) is 67.2 Å². The molecule has 1 aromatic heterocycles. The minimum Gasteiger partial charge on any atom is -0.391 e. The van der Waals surface area contributed by atoms with Gasteiger partial charge in [0.1, 0.15) is 6.54 Å². The number of nitrogens with zero attached hydrogens (tertiary/aromatic N) is 2. The fourth-order valence-electron chi connectivity index (χ4n) is 1.79. The molecule has 1 heterocycles. The zero-order valence-electron chi connectivity index (χ0n) is 11.4. The van der Waals surface area contributed by atoms with Gasteiger partial charge in [0.05, 0.1) is 29.0 Å². The second-order valence-electron chi connectivity index (χ2n) is 5.31. The molecule has 2 aromatic rings. The van der Waals surface area contributed by atoms with Gasteiger partial charge in [-0.25, -0.2) is 4.98 Å². The van der Waals surface area contributed by atoms with Crippen LogP contribution in [0.15, 0.2) is 30.6 Å². The van der Waals surface area contributed by atoms with Gasteiger partial charge in [0.25, 0.3) is 0 Å². The highest BCUT2D eigenvalue weighted by Crippen LogP contribution is 2.12. The van der Waals surface area contributed by atoms with Crippen LogP contribution in [0.5, 0.6) is 0 Å². The lowest BCUT2D eigenvalue weighted by molar-refractivity contribution is -0.124. The van der Waals surface area contributed by atoms with Crippen LogP contribution in [0.2, 0.25) is 0 Å². The molecule has 0 radical (unpaired) electrons. The number of amides is 1. The molecule has 1 unspecified atom stereocenters. The zero-order chi connectivity index (χ0) is 14.0. The molecule has 102 valence electrons. The van der Waals surface area contributed by atoms with Gasteiger partial charge in [-0.15, -0.1) is 0 Å². The van der Waals surface area contributed by atoms with E-state index in [2.05, 4.69) is 10.3 Å². The zero-order valence-corrected chi connectivity index (χ0v) is 11.4. The number of hydrogen-bond donors (Lipinski definition) is 2. The maximum absolute atomic E-state index is 12.0. The number of carbonyl (C=O) groups excluding carboxylic acids is 1. The number of aliphatic hydroxyl groups is 1. The standard InChI is InChI=1S/C14H19N3O2/c1-10(18)14(2,3)16-13(19)8-17-9-15-11-6-4-5-7-12(11)17/h4-7,9-10,18H,8H2,1-3H3,(H,16,19). The predicted molar refractivity (Wildman–Crippen MR) is 73.6 cm³/mol. The molecule has 5 nitrogen and oxygen atoms in total. The largest absolute Gasteiger partial charge is 0.391 e. The van der Waals surface area contributed by atoms with Crippen LogP contribution >= 0.6 is 0 Å². The Hall–Kier alpha value is -1.88. The summed E-state index contributed by atoms with van der Waals surface area (Å²) in [7, 11) is 0. The Morgan fingerprint density at radius 1 is 1.47 bits per heavy atom. The van der Waals surface area contributed by atoms with Crippen LogP contribution in [0.3, 0.4) is 0 Å². The summed E-state index contributed by atoms with van der Waals surface area (Å²) in [4.78, 5) is 16.2. The molecule has 1 atom stereocenters. The second-order valence-corrected chi connectivity index (χ2v) is 5.31. The number of carbonyl (C=O) groups is 1. The summed E-state index contributed by atoms with van der Waals surface area (Å²) in [5.41, 5.74) is 1.14. The third-order valence-electron chi connectivity index (χ3n) is 3.35. The van der Waals surface area contributed by atoms with Crippen LogP contribution in [-0.2, 0) is 11.3 Å². The lowest BCUT2D eigenvalue weighted by atomic mass is 9.99. The van der Waals surface area contributed by atoms with Crippen molar-refractivity contribution in [1.29, 1.82) is 0 Å². The molecule has 1 amide bonds. The number of aromatic nitrogens is 2. The highest BCUT2D eigenvalue weighted by molar-refractivity contribution is 5.80. The number of para-hydroxylation sites is 2. The van der Waals surface area contributed by atoms with Gasteiger partial charge in [0, 0.05) is 0 Å². The summed E-state index contributed by atoms with van der Waals surface area (Å²) in [6.45, 7) is 5.44. The molecule has 0 spiro atoms. The molecule has 0 aliphatic heterocycles. The average molecular weight is 261 g/mol. The van der Waals surface area contributed by atoms with Crippen molar-refractivity contribution in [3.8, 4) is 0 Å². The van der Waals surface area contributed by atoms with E-state index in [1.54, 1.807) is 31.7 Å². The van der Waals surface area contributed by atoms with E-state index >= 15 is 0 Å². The molecule has 0 bridgehead atoms. The van der Waals surface area contributed by atoms with E-state index in [9.17, 15) is 9.90 Å². The molecular formula is C14H19N3O2. The van der Waals surface area contributed by atoms with Crippen LogP contribution in [0, 0.1) is 0 Å². The lowest BCUT2D eigenvalue weighted by Crippen LogP contribution is -2.51. The summed E-state index contributed by atoms with van der Waals surface area (Å²) >= 11 is 0. The van der Waals surface area contributed by atoms with Gasteiger partial charge >= 0.3 is 0 Å². The third-order valence-corrected chi connectivity index (χ3v) is 3.35. The molecular weight excluding hydrogens is 242 g/mol. The van der Waals surface area contributed by atoms with Gasteiger partial charge in [0.2, 0.25) is 5.91 Å². The van der Waals surface area contributed by atoms with E-state index in [-0.39, 0.29) is 12.5 Å². The van der Waals surface area contributed by atoms with Crippen molar-refractivity contribution in [1.82, 2.24) is 14.9 Å². The van der Waals surface area contributed by atoms with Gasteiger partial charge in [-0.2, -0.15) is 0 Å². The highest BCUT2D eigenvalue weighted by atomic mass is 16.3. The van der Waals surface area contributed by atoms with Crippen molar-refractivity contribution in [3.05, 3.63) is 30.6 Å². The maximum Gasteiger partial charge on any atom is 0.240 e. The molecule has 0 saturated heterocycles. The van der Waals surface area contributed by atoms with Gasteiger partial charge < -0.3 is 15.0 Å². The van der Waals surface area contributed by atoms with Crippen molar-refractivity contribution < 1.29 is 9.90 Å². The fourth-order valence-corrected chi connectivity index (χ4v) is 1.79. The molecule has 0 aliphatic rings. The highest BCUT2D eigenvalue weighted by Gasteiger charge is 2.26. The first-order valence-corrected chi connectivity index (χ1v) is 6.29. The van der Waals surface area contributed by atoms with Crippen molar-refractivity contribution in [2.24, 2.45) is 0 Å². The Morgan fingerprint density at radius 2 is 2.16 bits per heavy atom. The van der Waals surface area contributed by atoms with Crippen LogP contribution in [0.1, 0.15) is 20.8 Å². The summed E-state index contributed by atoms with van der Waals surface area (Å²) in [6, 6.07) is 7.66. The van der Waals surface area contributed by atoms with E-state index in [1.165, 1.54) is 0 Å². The Bertz CT molecular complexity index is 587. The molecule has 0 saturated carbocycles. The summed E-state index contributed by atoms with van der Waals surface area (Å²) in [5.74, 6) is -0.144. The van der Waals surface area contributed by atoms with Crippen molar-refractivity contribution in [2.45, 2.75) is 39.0 Å². The summed E-state index contributed by atoms with van der Waals surface area (Å²) < 4.78 is 1.79. The molecule has 1 aromatic carbocycles. The predicted octanol–water partition coefficient (Wildman–Crippen LogP) is 1.31. The van der Waals surface area contributed by atoms with Crippen LogP contribution in [0.4, 0.5) is 0 Å². The molecule has 2 rings (SSSR count). The number of fused-ring (bicyclic) bond motifs is 1. The van der Waals surface area contributed by atoms with Crippen LogP contribution in [0.25, 0.3) is 11.0 Å². The van der Waals surface area contributed by atoms with Gasteiger partial charge in [-0.05, 0) is 32.9 Å². The van der Waals surface area contributed by atoms with E-state index in [4.69, 9.17) is 0 Å². The van der Waals surface area contributed by atoms with Crippen molar-refractivity contribution >= 4 is 16.9 Å². The number of rotatable bonds is 4. The minimum atomic E-state index is -0.645. The monoisotopic (exact) mass is 261 g/mol. The van der Waals surface area contributed by atoms with E-state index in [0.717, 1.165) is 11.0 Å². The maximum atomic E-state index is 12.0. The SMILES string of the molecule is CC(O)C(C)(C)NC(=O)Cn1cnc2ccccc21. The normalized spacial score (nSPS) is 13.5. The number of aliphatic hydroxyl groups excluding tert-OH is 1. The van der Waals surface area contributed by atoms with Gasteiger partial charge in [-0.1, -0.05) is 12.1 Å². The molecule has 0 aliphatic carbocycles. The number of imidazole rings is 1. The Balaban J connectivity index is 2.11. The first-order chi connectivity index (χ1) is 8.90. The Morgan fingerprint density at radius 3 is 2.84 bits per heavy atom. The van der Waals surface area contributed by atoms with Crippen LogP contribution < -0.4 is 5.32 Å². The fraction of sp³-hybridized carbons (Fsp3) is 0.429. The van der Waals surface area contributed by atoms with Crippen molar-refractivity contribution in [2.75, 3.05) is 0 Å². The van der Waals surface area contributed by atoms with E-state index < -0.39 is 11.6 Å². The average Bonchev–Trinajstić information content (AvgIpc) is 2.72. The lowest BCUT2D eigenvalue weighted by Gasteiger charge is -2.29. The summed E-state index contributed by atoms with van der Waals surface area (Å²) in [5, 5.41) is 12.4. The Labute approximate surface area is 112 Å². The quantitative estimate of drug-likeness (QED) is 0.872. The molecule has 0 fully saturated rings. The Kier molecular flexibility index (Phi) is 3.57. The minimum absolute atomic E-state index is 0.144. The van der Waals surface area contributed by atoms with Gasteiger partial charge in [-0.3, -0.25) is 4.79 Å². The van der Waals surface area contributed by atoms with Gasteiger partial charge in [0.15, 0.2) is 0 Å². The van der Waals surface area contributed by atoms with Crippen molar-refractivity contribution in [3.63, 3.8) is 0 Å². The summed E-state index contributed by atoms with van der Waals surface area (Å²) in [6.07, 6.45) is 1.04. The number of benzene rings is 1.